The molecule has 23 heavy (non-hydrogen) atoms. The van der Waals surface area contributed by atoms with E-state index in [4.69, 9.17) is 9.47 Å². The number of ether oxygens (including phenoxy) is 2. The molecule has 0 spiro atoms. The molecule has 1 fully saturated rings. The third-order valence-corrected chi connectivity index (χ3v) is 4.65. The van der Waals surface area contributed by atoms with E-state index >= 15 is 0 Å². The lowest BCUT2D eigenvalue weighted by molar-refractivity contribution is -0.0359. The fourth-order valence-corrected chi connectivity index (χ4v) is 3.10. The number of hydrogen-bond acceptors (Lipinski definition) is 4. The summed E-state index contributed by atoms with van der Waals surface area (Å²) in [5.74, 6) is 0.908. The van der Waals surface area contributed by atoms with E-state index in [0.717, 1.165) is 37.5 Å². The second-order valence-electron chi connectivity index (χ2n) is 6.47. The Kier molecular flexibility index (Phi) is 4.68. The van der Waals surface area contributed by atoms with Gasteiger partial charge in [-0.1, -0.05) is 12.1 Å². The predicted octanol–water partition coefficient (Wildman–Crippen LogP) is 2.70. The molecule has 0 amide bonds. The summed E-state index contributed by atoms with van der Waals surface area (Å²) < 4.78 is 11.8. The Hall–Kier alpha value is -1.85. The topological polar surface area (TPSA) is 50.4 Å². The predicted molar refractivity (Wildman–Crippen MR) is 89.6 cm³/mol. The van der Waals surface area contributed by atoms with Crippen LogP contribution < -0.4 is 4.74 Å². The molecule has 1 aliphatic heterocycles. The van der Waals surface area contributed by atoms with Gasteiger partial charge in [-0.15, -0.1) is 0 Å². The van der Waals surface area contributed by atoms with E-state index < -0.39 is 0 Å². The molecule has 3 rings (SSSR count). The molecule has 0 radical (unpaired) electrons. The third-order valence-electron chi connectivity index (χ3n) is 4.65. The van der Waals surface area contributed by atoms with Gasteiger partial charge in [-0.05, 0) is 38.0 Å². The second kappa shape index (κ2) is 6.72. The first-order valence-corrected chi connectivity index (χ1v) is 8.06. The molecule has 2 aromatic rings. The molecule has 1 aromatic heterocycles. The van der Waals surface area contributed by atoms with E-state index in [9.17, 15) is 0 Å². The number of aromatic amines is 1. The average molecular weight is 315 g/mol. The normalized spacial score (nSPS) is 21.7. The number of aromatic nitrogens is 2. The molecule has 5 heteroatoms. The number of methoxy groups -OCH3 is 1. The molecule has 1 aromatic carbocycles. The number of aryl methyl sites for hydroxylation is 2. The van der Waals surface area contributed by atoms with Gasteiger partial charge in [-0.25, -0.2) is 0 Å². The first-order valence-electron chi connectivity index (χ1n) is 8.06. The van der Waals surface area contributed by atoms with Crippen molar-refractivity contribution in [2.24, 2.45) is 0 Å². The number of benzene rings is 1. The van der Waals surface area contributed by atoms with Crippen LogP contribution in [0, 0.1) is 13.8 Å². The van der Waals surface area contributed by atoms with Crippen molar-refractivity contribution >= 4 is 0 Å². The van der Waals surface area contributed by atoms with Gasteiger partial charge in [-0.3, -0.25) is 10.00 Å². The molecule has 124 valence electrons. The zero-order chi connectivity index (χ0) is 16.3. The lowest BCUT2D eigenvalue weighted by Crippen LogP contribution is -2.41. The van der Waals surface area contributed by atoms with Gasteiger partial charge in [0.15, 0.2) is 0 Å². The Balaban J connectivity index is 1.60. The van der Waals surface area contributed by atoms with Crippen LogP contribution in [0.4, 0.5) is 0 Å². The fourth-order valence-electron chi connectivity index (χ4n) is 3.10. The van der Waals surface area contributed by atoms with Gasteiger partial charge in [0.25, 0.3) is 0 Å². The van der Waals surface area contributed by atoms with Gasteiger partial charge in [0.05, 0.1) is 6.20 Å². The van der Waals surface area contributed by atoms with Gasteiger partial charge in [0, 0.05) is 38.0 Å². The third kappa shape index (κ3) is 3.74. The van der Waals surface area contributed by atoms with Crippen LogP contribution in [-0.4, -0.2) is 47.5 Å². The van der Waals surface area contributed by atoms with Crippen molar-refractivity contribution in [1.82, 2.24) is 15.1 Å². The summed E-state index contributed by atoms with van der Waals surface area (Å²) in [7, 11) is 1.78. The smallest absolute Gasteiger partial charge is 0.119 e. The Bertz CT molecular complexity index is 655. The standard InChI is InChI=1S/C18H25N3O2/c1-14-5-4-6-17(9-14)23-13-18(22-3)7-8-21(12-18)11-16-10-19-20-15(16)2/h4-6,9-10H,7-8,11-13H2,1-3H3,(H,19,20)/t18-/m1/s1. The molecule has 1 N–H and O–H groups in total. The van der Waals surface area contributed by atoms with Crippen molar-refractivity contribution < 1.29 is 9.47 Å². The molecule has 5 nitrogen and oxygen atoms in total. The van der Waals surface area contributed by atoms with Gasteiger partial charge in [-0.2, -0.15) is 5.10 Å². The zero-order valence-corrected chi connectivity index (χ0v) is 14.1. The summed E-state index contributed by atoms with van der Waals surface area (Å²) >= 11 is 0. The number of hydrogen-bond donors (Lipinski definition) is 1. The number of rotatable bonds is 6. The molecule has 0 bridgehead atoms. The molecular formula is C18H25N3O2. The quantitative estimate of drug-likeness (QED) is 0.890. The number of nitrogens with one attached hydrogen (secondary N) is 1. The lowest BCUT2D eigenvalue weighted by atomic mass is 10.0. The van der Waals surface area contributed by atoms with Crippen LogP contribution in [-0.2, 0) is 11.3 Å². The Morgan fingerprint density at radius 3 is 2.91 bits per heavy atom. The van der Waals surface area contributed by atoms with Crippen LogP contribution in [0.15, 0.2) is 30.5 Å². The highest BCUT2D eigenvalue weighted by Crippen LogP contribution is 2.28. The Morgan fingerprint density at radius 1 is 1.35 bits per heavy atom. The highest BCUT2D eigenvalue weighted by atomic mass is 16.5. The van der Waals surface area contributed by atoms with Gasteiger partial charge < -0.3 is 9.47 Å². The lowest BCUT2D eigenvalue weighted by Gasteiger charge is -2.28. The minimum absolute atomic E-state index is 0.235. The zero-order valence-electron chi connectivity index (χ0n) is 14.1. The summed E-state index contributed by atoms with van der Waals surface area (Å²) in [6.45, 7) is 7.49. The van der Waals surface area contributed by atoms with E-state index in [0.29, 0.717) is 6.61 Å². The van der Waals surface area contributed by atoms with Gasteiger partial charge in [0.1, 0.15) is 18.0 Å². The molecule has 0 unspecified atom stereocenters. The van der Waals surface area contributed by atoms with Crippen molar-refractivity contribution in [3.63, 3.8) is 0 Å². The summed E-state index contributed by atoms with van der Waals surface area (Å²) in [6, 6.07) is 8.15. The van der Waals surface area contributed by atoms with Crippen molar-refractivity contribution in [2.45, 2.75) is 32.4 Å². The monoisotopic (exact) mass is 315 g/mol. The van der Waals surface area contributed by atoms with Crippen LogP contribution in [0.1, 0.15) is 23.2 Å². The molecule has 2 heterocycles. The van der Waals surface area contributed by atoms with Crippen LogP contribution in [0.3, 0.4) is 0 Å². The maximum atomic E-state index is 6.00. The molecular weight excluding hydrogens is 290 g/mol. The van der Waals surface area contributed by atoms with Crippen LogP contribution in [0.5, 0.6) is 5.75 Å². The molecule has 1 atom stereocenters. The second-order valence-corrected chi connectivity index (χ2v) is 6.47. The number of H-pyrrole nitrogens is 1. The SMILES string of the molecule is CO[C@]1(COc2cccc(C)c2)CCN(Cc2cn[nH]c2C)C1. The van der Waals surface area contributed by atoms with Crippen molar-refractivity contribution in [1.29, 1.82) is 0 Å². The fraction of sp³-hybridized carbons (Fsp3) is 0.500. The van der Waals surface area contributed by atoms with Crippen molar-refractivity contribution in [2.75, 3.05) is 26.8 Å². The summed E-state index contributed by atoms with van der Waals surface area (Å²) in [5, 5.41) is 7.09. The number of nitrogens with zero attached hydrogens (tertiary/aromatic N) is 2. The van der Waals surface area contributed by atoms with Crippen molar-refractivity contribution in [3.05, 3.63) is 47.3 Å². The first-order chi connectivity index (χ1) is 11.1. The van der Waals surface area contributed by atoms with E-state index in [1.165, 1.54) is 11.1 Å². The molecule has 0 saturated carbocycles. The minimum Gasteiger partial charge on any atom is -0.491 e. The Morgan fingerprint density at radius 2 is 2.22 bits per heavy atom. The van der Waals surface area contributed by atoms with Gasteiger partial charge >= 0.3 is 0 Å². The van der Waals surface area contributed by atoms with E-state index in [1.54, 1.807) is 7.11 Å². The maximum absolute atomic E-state index is 6.00. The summed E-state index contributed by atoms with van der Waals surface area (Å²) in [4.78, 5) is 2.40. The van der Waals surface area contributed by atoms with Gasteiger partial charge in [0.2, 0.25) is 0 Å². The highest BCUT2D eigenvalue weighted by Gasteiger charge is 2.39. The largest absolute Gasteiger partial charge is 0.491 e. The summed E-state index contributed by atoms with van der Waals surface area (Å²) in [5.41, 5.74) is 3.35. The Labute approximate surface area is 137 Å². The molecule has 1 aliphatic rings. The average Bonchev–Trinajstić information content (AvgIpc) is 3.14. The minimum atomic E-state index is -0.235. The van der Waals surface area contributed by atoms with Crippen LogP contribution >= 0.6 is 0 Å². The number of likely N-dealkylation sites (tertiary alicyclic amines) is 1. The highest BCUT2D eigenvalue weighted by molar-refractivity contribution is 5.27. The first kappa shape index (κ1) is 16.0. The van der Waals surface area contributed by atoms with Crippen LogP contribution in [0.25, 0.3) is 0 Å². The molecule has 1 saturated heterocycles. The summed E-state index contributed by atoms with van der Waals surface area (Å²) in [6.07, 6.45) is 2.89. The van der Waals surface area contributed by atoms with E-state index in [2.05, 4.69) is 41.1 Å². The maximum Gasteiger partial charge on any atom is 0.119 e. The van der Waals surface area contributed by atoms with E-state index in [-0.39, 0.29) is 5.60 Å². The van der Waals surface area contributed by atoms with E-state index in [1.807, 2.05) is 18.3 Å². The molecule has 0 aliphatic carbocycles. The van der Waals surface area contributed by atoms with Crippen LogP contribution in [0.2, 0.25) is 0 Å². The van der Waals surface area contributed by atoms with Crippen molar-refractivity contribution in [3.8, 4) is 5.75 Å².